The van der Waals surface area contributed by atoms with Gasteiger partial charge in [-0.15, -0.1) is 0 Å². The van der Waals surface area contributed by atoms with E-state index in [4.69, 9.17) is 4.74 Å². The summed E-state index contributed by atoms with van der Waals surface area (Å²) in [6.45, 7) is 4.74. The van der Waals surface area contributed by atoms with Crippen LogP contribution in [0.3, 0.4) is 0 Å². The third-order valence-corrected chi connectivity index (χ3v) is 4.31. The number of urea groups is 1. The van der Waals surface area contributed by atoms with Gasteiger partial charge in [-0.25, -0.2) is 4.79 Å². The quantitative estimate of drug-likeness (QED) is 0.785. The minimum absolute atomic E-state index is 0.0625. The molecular weight excluding hydrogens is 280 g/mol. The van der Waals surface area contributed by atoms with Gasteiger partial charge in [0.15, 0.2) is 0 Å². The van der Waals surface area contributed by atoms with Gasteiger partial charge in [-0.05, 0) is 24.8 Å². The Labute approximate surface area is 132 Å². The van der Waals surface area contributed by atoms with Crippen molar-refractivity contribution in [1.29, 1.82) is 0 Å². The topological polar surface area (TPSA) is 59.4 Å². The smallest absolute Gasteiger partial charge is 0.317 e. The molecule has 6 heteroatoms. The Morgan fingerprint density at radius 2 is 2.27 bits per heavy atom. The molecule has 1 aliphatic carbocycles. The normalized spacial score (nSPS) is 21.5. The van der Waals surface area contributed by atoms with E-state index in [1.54, 1.807) is 18.1 Å². The van der Waals surface area contributed by atoms with E-state index in [1.807, 2.05) is 16.9 Å². The van der Waals surface area contributed by atoms with E-state index in [-0.39, 0.29) is 6.03 Å². The summed E-state index contributed by atoms with van der Waals surface area (Å²) in [5.41, 5.74) is 0. The fourth-order valence-electron chi connectivity index (χ4n) is 2.82. The molecular formula is C16H28N4O2. The summed E-state index contributed by atoms with van der Waals surface area (Å²) < 4.78 is 7.71. The lowest BCUT2D eigenvalue weighted by Crippen LogP contribution is -2.41. The molecule has 22 heavy (non-hydrogen) atoms. The monoisotopic (exact) mass is 308 g/mol. The molecule has 6 nitrogen and oxygen atoms in total. The van der Waals surface area contributed by atoms with E-state index in [9.17, 15) is 4.79 Å². The molecule has 2 amide bonds. The van der Waals surface area contributed by atoms with Gasteiger partial charge in [-0.1, -0.05) is 19.8 Å². The van der Waals surface area contributed by atoms with Crippen LogP contribution in [0.15, 0.2) is 18.5 Å². The lowest BCUT2D eigenvalue weighted by molar-refractivity contribution is -0.00266. The molecule has 2 rings (SSSR count). The van der Waals surface area contributed by atoms with Gasteiger partial charge in [-0.2, -0.15) is 5.10 Å². The Kier molecular flexibility index (Phi) is 6.71. The molecule has 1 N–H and O–H groups in total. The number of nitrogens with zero attached hydrogens (tertiary/aromatic N) is 3. The molecule has 1 saturated carbocycles. The predicted octanol–water partition coefficient (Wildman–Crippen LogP) is 2.12. The molecule has 0 radical (unpaired) electrons. The first kappa shape index (κ1) is 16.8. The molecule has 124 valence electrons. The van der Waals surface area contributed by atoms with Crippen LogP contribution < -0.4 is 5.32 Å². The van der Waals surface area contributed by atoms with Gasteiger partial charge in [-0.3, -0.25) is 4.68 Å². The molecule has 1 aromatic heterocycles. The van der Waals surface area contributed by atoms with Crippen LogP contribution in [-0.2, 0) is 11.3 Å². The van der Waals surface area contributed by atoms with Crippen LogP contribution in [0.1, 0.15) is 32.6 Å². The van der Waals surface area contributed by atoms with E-state index >= 15 is 0 Å². The van der Waals surface area contributed by atoms with Crippen molar-refractivity contribution in [3.05, 3.63) is 18.5 Å². The average Bonchev–Trinajstić information content (AvgIpc) is 3.04. The maximum Gasteiger partial charge on any atom is 0.317 e. The van der Waals surface area contributed by atoms with Gasteiger partial charge in [0, 0.05) is 32.5 Å². The summed E-state index contributed by atoms with van der Waals surface area (Å²) in [6, 6.07) is 1.82. The zero-order valence-corrected chi connectivity index (χ0v) is 13.7. The number of nitrogens with one attached hydrogen (secondary N) is 1. The highest BCUT2D eigenvalue weighted by Gasteiger charge is 2.21. The maximum atomic E-state index is 11.9. The number of carbonyl (C=O) groups is 1. The van der Waals surface area contributed by atoms with Gasteiger partial charge in [0.25, 0.3) is 0 Å². The number of likely N-dealkylation sites (N-methyl/N-ethyl adjacent to an activating group) is 1. The van der Waals surface area contributed by atoms with Gasteiger partial charge < -0.3 is 15.0 Å². The highest BCUT2D eigenvalue weighted by Crippen LogP contribution is 2.25. The third-order valence-electron chi connectivity index (χ3n) is 4.31. The highest BCUT2D eigenvalue weighted by atomic mass is 16.5. The Morgan fingerprint density at radius 1 is 1.45 bits per heavy atom. The SMILES string of the molecule is C[C@H]1CCCC[C@@H]1OCCNC(=O)N(C)CCn1cccn1. The number of ether oxygens (including phenoxy) is 1. The fourth-order valence-corrected chi connectivity index (χ4v) is 2.82. The van der Waals surface area contributed by atoms with Crippen molar-refractivity contribution in [3.63, 3.8) is 0 Å². The number of hydrogen-bond donors (Lipinski definition) is 1. The van der Waals surface area contributed by atoms with Crippen LogP contribution in [-0.4, -0.2) is 53.6 Å². The maximum absolute atomic E-state index is 11.9. The average molecular weight is 308 g/mol. The molecule has 0 aromatic carbocycles. The van der Waals surface area contributed by atoms with E-state index in [0.29, 0.717) is 38.3 Å². The number of carbonyl (C=O) groups excluding carboxylic acids is 1. The standard InChI is InChI=1S/C16H28N4O2/c1-14-6-3-4-7-15(14)22-13-9-17-16(21)19(2)11-12-20-10-5-8-18-20/h5,8,10,14-15H,3-4,6-7,9,11-13H2,1-2H3,(H,17,21)/t14-,15-/m0/s1. The molecule has 0 bridgehead atoms. The van der Waals surface area contributed by atoms with Crippen LogP contribution in [0.5, 0.6) is 0 Å². The van der Waals surface area contributed by atoms with Crippen molar-refractivity contribution >= 4 is 6.03 Å². The van der Waals surface area contributed by atoms with Crippen LogP contribution in [0, 0.1) is 5.92 Å². The third kappa shape index (κ3) is 5.33. The summed E-state index contributed by atoms with van der Waals surface area (Å²) in [5, 5.41) is 7.02. The van der Waals surface area contributed by atoms with Crippen LogP contribution >= 0.6 is 0 Å². The van der Waals surface area contributed by atoms with E-state index in [0.717, 1.165) is 6.42 Å². The van der Waals surface area contributed by atoms with E-state index in [2.05, 4.69) is 17.3 Å². The largest absolute Gasteiger partial charge is 0.376 e. The van der Waals surface area contributed by atoms with Crippen LogP contribution in [0.2, 0.25) is 0 Å². The first-order valence-electron chi connectivity index (χ1n) is 8.25. The Bertz CT molecular complexity index is 435. The first-order valence-corrected chi connectivity index (χ1v) is 8.25. The van der Waals surface area contributed by atoms with Crippen molar-refractivity contribution in [2.75, 3.05) is 26.7 Å². The van der Waals surface area contributed by atoms with Gasteiger partial charge in [0.1, 0.15) is 0 Å². The molecule has 1 aromatic rings. The molecule has 0 unspecified atom stereocenters. The summed E-state index contributed by atoms with van der Waals surface area (Å²) in [7, 11) is 1.79. The summed E-state index contributed by atoms with van der Waals surface area (Å²) >= 11 is 0. The second-order valence-corrected chi connectivity index (χ2v) is 6.09. The number of amides is 2. The minimum Gasteiger partial charge on any atom is -0.376 e. The molecule has 0 saturated heterocycles. The molecule has 0 aliphatic heterocycles. The zero-order chi connectivity index (χ0) is 15.8. The first-order chi connectivity index (χ1) is 10.7. The zero-order valence-electron chi connectivity index (χ0n) is 13.7. The van der Waals surface area contributed by atoms with Gasteiger partial charge in [0.2, 0.25) is 0 Å². The number of aromatic nitrogens is 2. The van der Waals surface area contributed by atoms with Crippen molar-refractivity contribution in [2.45, 2.75) is 45.3 Å². The predicted molar refractivity (Wildman–Crippen MR) is 85.6 cm³/mol. The lowest BCUT2D eigenvalue weighted by atomic mass is 9.88. The molecule has 1 aliphatic rings. The van der Waals surface area contributed by atoms with Crippen molar-refractivity contribution in [1.82, 2.24) is 20.0 Å². The Hall–Kier alpha value is -1.56. The van der Waals surface area contributed by atoms with Crippen molar-refractivity contribution in [3.8, 4) is 0 Å². The van der Waals surface area contributed by atoms with E-state index < -0.39 is 0 Å². The van der Waals surface area contributed by atoms with Crippen molar-refractivity contribution < 1.29 is 9.53 Å². The Morgan fingerprint density at radius 3 is 3.00 bits per heavy atom. The summed E-state index contributed by atoms with van der Waals surface area (Å²) in [4.78, 5) is 13.6. The Balaban J connectivity index is 1.56. The number of rotatable bonds is 7. The van der Waals surface area contributed by atoms with Crippen molar-refractivity contribution in [2.24, 2.45) is 5.92 Å². The number of hydrogen-bond acceptors (Lipinski definition) is 3. The minimum atomic E-state index is -0.0625. The summed E-state index contributed by atoms with van der Waals surface area (Å²) in [6.07, 6.45) is 8.99. The molecule has 1 fully saturated rings. The van der Waals surface area contributed by atoms with Crippen LogP contribution in [0.4, 0.5) is 4.79 Å². The lowest BCUT2D eigenvalue weighted by Gasteiger charge is -2.28. The second-order valence-electron chi connectivity index (χ2n) is 6.09. The summed E-state index contributed by atoms with van der Waals surface area (Å²) in [5.74, 6) is 0.640. The second kappa shape index (κ2) is 8.78. The van der Waals surface area contributed by atoms with Gasteiger partial charge >= 0.3 is 6.03 Å². The highest BCUT2D eigenvalue weighted by molar-refractivity contribution is 5.73. The molecule has 2 atom stereocenters. The van der Waals surface area contributed by atoms with Crippen LogP contribution in [0.25, 0.3) is 0 Å². The van der Waals surface area contributed by atoms with E-state index in [1.165, 1.54) is 19.3 Å². The molecule has 0 spiro atoms. The molecule has 1 heterocycles. The fraction of sp³-hybridized carbons (Fsp3) is 0.750. The van der Waals surface area contributed by atoms with Gasteiger partial charge in [0.05, 0.1) is 19.3 Å².